The van der Waals surface area contributed by atoms with Gasteiger partial charge in [-0.1, -0.05) is 17.7 Å². The number of carbonyl (C=O) groups is 1. The second kappa shape index (κ2) is 6.58. The number of benzene rings is 1. The number of nitrogens with zero attached hydrogens (tertiary/aromatic N) is 2. The van der Waals surface area contributed by atoms with E-state index >= 15 is 0 Å². The zero-order chi connectivity index (χ0) is 17.2. The second-order valence-corrected chi connectivity index (χ2v) is 7.76. The van der Waals surface area contributed by atoms with Gasteiger partial charge < -0.3 is 5.32 Å². The summed E-state index contributed by atoms with van der Waals surface area (Å²) in [6.45, 7) is 2.24. The highest BCUT2D eigenvalue weighted by molar-refractivity contribution is 7.90. The molecule has 0 unspecified atom stereocenters. The van der Waals surface area contributed by atoms with Crippen LogP contribution in [-0.2, 0) is 16.6 Å². The minimum Gasteiger partial charge on any atom is -0.348 e. The van der Waals surface area contributed by atoms with Gasteiger partial charge in [0.2, 0.25) is 0 Å². The number of nitrogens with one attached hydrogen (secondary N) is 1. The highest BCUT2D eigenvalue weighted by atomic mass is 32.2. The Hall–Kier alpha value is -2.45. The third-order valence-electron chi connectivity index (χ3n) is 3.46. The van der Waals surface area contributed by atoms with Crippen LogP contribution in [0.3, 0.4) is 0 Å². The molecule has 3 rings (SSSR count). The van der Waals surface area contributed by atoms with Crippen molar-refractivity contribution in [1.29, 1.82) is 0 Å². The van der Waals surface area contributed by atoms with Crippen LogP contribution in [-0.4, -0.2) is 22.7 Å². The Morgan fingerprint density at radius 3 is 2.67 bits per heavy atom. The van der Waals surface area contributed by atoms with E-state index in [1.165, 1.54) is 30.0 Å². The van der Waals surface area contributed by atoms with Crippen molar-refractivity contribution >= 4 is 27.5 Å². The summed E-state index contributed by atoms with van der Waals surface area (Å²) in [7, 11) is -3.70. The lowest BCUT2D eigenvalue weighted by atomic mass is 10.2. The van der Waals surface area contributed by atoms with E-state index in [1.807, 2.05) is 12.3 Å². The minimum atomic E-state index is -3.70. The summed E-state index contributed by atoms with van der Waals surface area (Å²) in [5.74, 6) is -0.334. The molecule has 0 atom stereocenters. The standard InChI is InChI=1S/C16H15N3O3S2/c1-12-2-4-15(5-3-12)24(21,22)19-7-6-14(10-19)16(20)17-8-13-9-18-23-11-13/h2-7,9-11H,8H2,1H3,(H,17,20). The van der Waals surface area contributed by atoms with Crippen LogP contribution in [0.1, 0.15) is 21.5 Å². The highest BCUT2D eigenvalue weighted by Gasteiger charge is 2.18. The predicted molar refractivity (Wildman–Crippen MR) is 91.5 cm³/mol. The maximum Gasteiger partial charge on any atom is 0.267 e. The van der Waals surface area contributed by atoms with Crippen LogP contribution in [0, 0.1) is 6.92 Å². The Balaban J connectivity index is 1.77. The Kier molecular flexibility index (Phi) is 4.50. The maximum atomic E-state index is 12.6. The first-order valence-electron chi connectivity index (χ1n) is 7.13. The summed E-state index contributed by atoms with van der Waals surface area (Å²) in [6, 6.07) is 8.05. The topological polar surface area (TPSA) is 81.1 Å². The van der Waals surface area contributed by atoms with Crippen molar-refractivity contribution in [3.05, 3.63) is 71.0 Å². The fourth-order valence-electron chi connectivity index (χ4n) is 2.09. The molecule has 3 aromatic rings. The van der Waals surface area contributed by atoms with Crippen LogP contribution in [0.5, 0.6) is 0 Å². The number of amides is 1. The fraction of sp³-hybridized carbons (Fsp3) is 0.125. The normalized spacial score (nSPS) is 11.4. The van der Waals surface area contributed by atoms with Crippen molar-refractivity contribution < 1.29 is 13.2 Å². The molecule has 124 valence electrons. The summed E-state index contributed by atoms with van der Waals surface area (Å²) in [4.78, 5) is 12.3. The Bertz CT molecular complexity index is 943. The molecule has 24 heavy (non-hydrogen) atoms. The molecule has 0 fully saturated rings. The molecule has 0 aliphatic carbocycles. The van der Waals surface area contributed by atoms with Gasteiger partial charge in [-0.05, 0) is 36.7 Å². The second-order valence-electron chi connectivity index (χ2n) is 5.26. The molecule has 6 nitrogen and oxygen atoms in total. The average molecular weight is 361 g/mol. The van der Waals surface area contributed by atoms with Crippen LogP contribution in [0.25, 0.3) is 0 Å². The summed E-state index contributed by atoms with van der Waals surface area (Å²) in [5, 5.41) is 4.57. The van der Waals surface area contributed by atoms with Gasteiger partial charge in [-0.15, -0.1) is 0 Å². The third-order valence-corrected chi connectivity index (χ3v) is 5.75. The van der Waals surface area contributed by atoms with Crippen molar-refractivity contribution in [2.24, 2.45) is 0 Å². The first kappa shape index (κ1) is 16.4. The van der Waals surface area contributed by atoms with Gasteiger partial charge in [0.15, 0.2) is 0 Å². The number of hydrogen-bond donors (Lipinski definition) is 1. The van der Waals surface area contributed by atoms with Crippen LogP contribution >= 0.6 is 11.5 Å². The molecular formula is C16H15N3O3S2. The molecule has 0 bridgehead atoms. The first-order chi connectivity index (χ1) is 11.5. The zero-order valence-corrected chi connectivity index (χ0v) is 14.5. The first-order valence-corrected chi connectivity index (χ1v) is 9.41. The van der Waals surface area contributed by atoms with Gasteiger partial charge in [0.25, 0.3) is 15.9 Å². The molecule has 0 spiro atoms. The summed E-state index contributed by atoms with van der Waals surface area (Å²) < 4.78 is 30.1. The Labute approximate surface area is 144 Å². The van der Waals surface area contributed by atoms with E-state index < -0.39 is 10.0 Å². The van der Waals surface area contributed by atoms with E-state index in [2.05, 4.69) is 9.69 Å². The highest BCUT2D eigenvalue weighted by Crippen LogP contribution is 2.16. The number of rotatable bonds is 5. The van der Waals surface area contributed by atoms with Gasteiger partial charge in [0, 0.05) is 36.1 Å². The molecular weight excluding hydrogens is 346 g/mol. The van der Waals surface area contributed by atoms with E-state index in [1.54, 1.807) is 30.5 Å². The Morgan fingerprint density at radius 2 is 2.00 bits per heavy atom. The molecule has 0 aliphatic heterocycles. The van der Waals surface area contributed by atoms with Gasteiger partial charge >= 0.3 is 0 Å². The third kappa shape index (κ3) is 3.39. The van der Waals surface area contributed by atoms with Gasteiger partial charge in [0.05, 0.1) is 10.5 Å². The summed E-state index contributed by atoms with van der Waals surface area (Å²) >= 11 is 1.31. The maximum absolute atomic E-state index is 12.6. The molecule has 0 saturated carbocycles. The van der Waals surface area contributed by atoms with Gasteiger partial charge in [-0.2, -0.15) is 0 Å². The molecule has 0 radical (unpaired) electrons. The Morgan fingerprint density at radius 1 is 1.25 bits per heavy atom. The van der Waals surface area contributed by atoms with E-state index in [0.717, 1.165) is 15.1 Å². The van der Waals surface area contributed by atoms with Crippen LogP contribution < -0.4 is 5.32 Å². The number of aryl methyl sites for hydroxylation is 1. The van der Waals surface area contributed by atoms with Crippen LogP contribution in [0.15, 0.2) is 59.2 Å². The minimum absolute atomic E-state index is 0.181. The van der Waals surface area contributed by atoms with Crippen molar-refractivity contribution in [1.82, 2.24) is 13.7 Å². The van der Waals surface area contributed by atoms with E-state index in [9.17, 15) is 13.2 Å². The summed E-state index contributed by atoms with van der Waals surface area (Å²) in [5.41, 5.74) is 2.17. The van der Waals surface area contributed by atoms with Crippen molar-refractivity contribution in [2.45, 2.75) is 18.4 Å². The molecule has 1 N–H and O–H groups in total. The van der Waals surface area contributed by atoms with E-state index in [4.69, 9.17) is 0 Å². The van der Waals surface area contributed by atoms with Crippen molar-refractivity contribution in [2.75, 3.05) is 0 Å². The van der Waals surface area contributed by atoms with E-state index in [-0.39, 0.29) is 16.4 Å². The van der Waals surface area contributed by atoms with Crippen molar-refractivity contribution in [3.8, 4) is 0 Å². The number of aromatic nitrogens is 2. The number of hydrogen-bond acceptors (Lipinski definition) is 5. The van der Waals surface area contributed by atoms with Gasteiger partial charge in [-0.3, -0.25) is 4.79 Å². The molecule has 1 aromatic carbocycles. The average Bonchev–Trinajstić information content (AvgIpc) is 3.25. The molecule has 0 aliphatic rings. The van der Waals surface area contributed by atoms with E-state index in [0.29, 0.717) is 6.54 Å². The van der Waals surface area contributed by atoms with Gasteiger partial charge in [-0.25, -0.2) is 16.8 Å². The van der Waals surface area contributed by atoms with Crippen molar-refractivity contribution in [3.63, 3.8) is 0 Å². The molecule has 2 aromatic heterocycles. The zero-order valence-electron chi connectivity index (χ0n) is 12.8. The molecule has 0 saturated heterocycles. The lowest BCUT2D eigenvalue weighted by molar-refractivity contribution is 0.0951. The quantitative estimate of drug-likeness (QED) is 0.757. The predicted octanol–water partition coefficient (Wildman–Crippen LogP) is 2.42. The fourth-order valence-corrected chi connectivity index (χ4v) is 3.82. The monoisotopic (exact) mass is 361 g/mol. The van der Waals surface area contributed by atoms with Crippen LogP contribution in [0.4, 0.5) is 0 Å². The largest absolute Gasteiger partial charge is 0.348 e. The molecule has 1 amide bonds. The SMILES string of the molecule is Cc1ccc(S(=O)(=O)n2ccc(C(=O)NCc3cnsc3)c2)cc1. The van der Waals surface area contributed by atoms with Gasteiger partial charge in [0.1, 0.15) is 0 Å². The lowest BCUT2D eigenvalue weighted by Gasteiger charge is -2.06. The smallest absolute Gasteiger partial charge is 0.267 e. The lowest BCUT2D eigenvalue weighted by Crippen LogP contribution is -2.22. The summed E-state index contributed by atoms with van der Waals surface area (Å²) in [6.07, 6.45) is 4.37. The molecule has 8 heteroatoms. The molecule has 2 heterocycles. The van der Waals surface area contributed by atoms with Crippen LogP contribution in [0.2, 0.25) is 0 Å². The number of carbonyl (C=O) groups excluding carboxylic acids is 1.